The summed E-state index contributed by atoms with van der Waals surface area (Å²) in [5.74, 6) is -0.364. The fraction of sp³-hybridized carbons (Fsp3) is 0.500. The predicted octanol–water partition coefficient (Wildman–Crippen LogP) is 2.90. The van der Waals surface area contributed by atoms with Gasteiger partial charge in [-0.25, -0.2) is 4.39 Å². The average molecular weight is 353 g/mol. The van der Waals surface area contributed by atoms with Crippen molar-refractivity contribution >= 4 is 17.5 Å². The molecule has 1 N–H and O–H groups in total. The summed E-state index contributed by atoms with van der Waals surface area (Å²) in [5, 5.41) is 3.19. The Kier molecular flexibility index (Phi) is 5.87. The van der Waals surface area contributed by atoms with Gasteiger partial charge in [0.25, 0.3) is 0 Å². The van der Waals surface area contributed by atoms with Gasteiger partial charge >= 0.3 is 0 Å². The molecule has 4 nitrogen and oxygen atoms in total. The van der Waals surface area contributed by atoms with Crippen molar-refractivity contribution in [2.45, 2.75) is 37.9 Å². The monoisotopic (exact) mass is 352 g/mol. The molecule has 1 fully saturated rings. The van der Waals surface area contributed by atoms with Crippen LogP contribution in [0.25, 0.3) is 0 Å². The van der Waals surface area contributed by atoms with Crippen LogP contribution in [0.1, 0.15) is 24.8 Å². The van der Waals surface area contributed by atoms with E-state index in [1.165, 1.54) is 6.07 Å². The number of hydrogen-bond acceptors (Lipinski definition) is 3. The van der Waals surface area contributed by atoms with Gasteiger partial charge in [0.2, 0.25) is 5.91 Å². The Morgan fingerprint density at radius 2 is 2.17 bits per heavy atom. The summed E-state index contributed by atoms with van der Waals surface area (Å²) in [5.41, 5.74) is 0.851. The summed E-state index contributed by atoms with van der Waals surface area (Å²) in [6.45, 7) is 2.46. The van der Waals surface area contributed by atoms with Gasteiger partial charge in [-0.1, -0.05) is 29.8 Å². The maximum absolute atomic E-state index is 13.6. The minimum Gasteiger partial charge on any atom is -0.378 e. The second kappa shape index (κ2) is 8.10. The molecule has 1 aromatic carbocycles. The summed E-state index contributed by atoms with van der Waals surface area (Å²) < 4.78 is 19.2. The highest BCUT2D eigenvalue weighted by atomic mass is 35.5. The third kappa shape index (κ3) is 4.56. The van der Waals surface area contributed by atoms with Gasteiger partial charge in [0.15, 0.2) is 0 Å². The Morgan fingerprint density at radius 1 is 1.38 bits per heavy atom. The molecule has 1 saturated heterocycles. The molecule has 0 unspecified atom stereocenters. The van der Waals surface area contributed by atoms with Gasteiger partial charge in [-0.3, -0.25) is 9.69 Å². The van der Waals surface area contributed by atoms with E-state index in [1.54, 1.807) is 6.07 Å². The first kappa shape index (κ1) is 17.4. The lowest BCUT2D eigenvalue weighted by Crippen LogP contribution is -2.48. The molecule has 1 amide bonds. The lowest BCUT2D eigenvalue weighted by atomic mass is 10.1. The van der Waals surface area contributed by atoms with E-state index in [0.717, 1.165) is 24.9 Å². The standard InChI is InChI=1S/C18H22ClFN2O2/c19-16-6-5-13(9-17(16)20)11-22-7-8-24-12-15(22)10-18(23)21-14-3-1-2-4-14/h1-2,5-6,9,14-15H,3-4,7-8,10-12H2,(H,21,23)/t15-/m0/s1. The van der Waals surface area contributed by atoms with E-state index in [-0.39, 0.29) is 23.0 Å². The van der Waals surface area contributed by atoms with Crippen molar-refractivity contribution in [2.75, 3.05) is 19.8 Å². The molecular weight excluding hydrogens is 331 g/mol. The number of hydrogen-bond donors (Lipinski definition) is 1. The molecule has 1 atom stereocenters. The van der Waals surface area contributed by atoms with Crippen molar-refractivity contribution in [1.29, 1.82) is 0 Å². The summed E-state index contributed by atoms with van der Waals surface area (Å²) in [6, 6.07) is 5.08. The third-order valence-electron chi connectivity index (χ3n) is 4.51. The molecule has 1 aliphatic carbocycles. The minimum atomic E-state index is -0.412. The molecule has 0 bridgehead atoms. The van der Waals surface area contributed by atoms with Crippen LogP contribution >= 0.6 is 11.6 Å². The van der Waals surface area contributed by atoms with Gasteiger partial charge in [0.1, 0.15) is 5.82 Å². The third-order valence-corrected chi connectivity index (χ3v) is 4.82. The van der Waals surface area contributed by atoms with E-state index in [1.807, 2.05) is 6.07 Å². The van der Waals surface area contributed by atoms with Crippen molar-refractivity contribution in [3.05, 3.63) is 46.8 Å². The fourth-order valence-corrected chi connectivity index (χ4v) is 3.31. The van der Waals surface area contributed by atoms with Crippen molar-refractivity contribution in [3.63, 3.8) is 0 Å². The number of benzene rings is 1. The number of carbonyl (C=O) groups is 1. The van der Waals surface area contributed by atoms with Crippen LogP contribution in [0.3, 0.4) is 0 Å². The number of amides is 1. The van der Waals surface area contributed by atoms with Gasteiger partial charge in [0, 0.05) is 31.6 Å². The van der Waals surface area contributed by atoms with E-state index in [4.69, 9.17) is 16.3 Å². The maximum Gasteiger partial charge on any atom is 0.221 e. The Hall–Kier alpha value is -1.43. The molecule has 0 aromatic heterocycles. The molecule has 0 radical (unpaired) electrons. The molecule has 24 heavy (non-hydrogen) atoms. The van der Waals surface area contributed by atoms with Crippen LogP contribution in [0.5, 0.6) is 0 Å². The van der Waals surface area contributed by atoms with Crippen LogP contribution in [-0.4, -0.2) is 42.6 Å². The largest absolute Gasteiger partial charge is 0.378 e. The second-order valence-corrected chi connectivity index (χ2v) is 6.77. The first-order valence-corrected chi connectivity index (χ1v) is 8.69. The molecule has 3 rings (SSSR count). The molecular formula is C18H22ClFN2O2. The second-order valence-electron chi connectivity index (χ2n) is 6.36. The summed E-state index contributed by atoms with van der Waals surface area (Å²) in [6.07, 6.45) is 6.39. The molecule has 130 valence electrons. The van der Waals surface area contributed by atoms with E-state index in [0.29, 0.717) is 26.2 Å². The van der Waals surface area contributed by atoms with Gasteiger partial charge in [-0.15, -0.1) is 0 Å². The minimum absolute atomic E-state index is 0.00634. The zero-order valence-electron chi connectivity index (χ0n) is 13.5. The first-order valence-electron chi connectivity index (χ1n) is 8.32. The topological polar surface area (TPSA) is 41.6 Å². The molecule has 2 aliphatic rings. The van der Waals surface area contributed by atoms with E-state index >= 15 is 0 Å². The van der Waals surface area contributed by atoms with Gasteiger partial charge in [0.05, 0.1) is 18.2 Å². The zero-order chi connectivity index (χ0) is 16.9. The fourth-order valence-electron chi connectivity index (χ4n) is 3.19. The Balaban J connectivity index is 1.58. The summed E-state index contributed by atoms with van der Waals surface area (Å²) in [4.78, 5) is 14.4. The van der Waals surface area contributed by atoms with Crippen LogP contribution in [-0.2, 0) is 16.1 Å². The van der Waals surface area contributed by atoms with Crippen LogP contribution in [0.4, 0.5) is 4.39 Å². The first-order chi connectivity index (χ1) is 11.6. The number of carbonyl (C=O) groups excluding carboxylic acids is 1. The lowest BCUT2D eigenvalue weighted by Gasteiger charge is -2.35. The molecule has 6 heteroatoms. The highest BCUT2D eigenvalue weighted by Gasteiger charge is 2.26. The zero-order valence-corrected chi connectivity index (χ0v) is 14.3. The molecule has 1 aliphatic heterocycles. The SMILES string of the molecule is O=C(C[C@H]1COCCN1Cc1ccc(Cl)c(F)c1)NC1CC=CC1. The molecule has 1 heterocycles. The highest BCUT2D eigenvalue weighted by molar-refractivity contribution is 6.30. The maximum atomic E-state index is 13.6. The van der Waals surface area contributed by atoms with Gasteiger partial charge in [-0.2, -0.15) is 0 Å². The Morgan fingerprint density at radius 3 is 2.92 bits per heavy atom. The van der Waals surface area contributed by atoms with Gasteiger partial charge in [-0.05, 0) is 30.5 Å². The number of ether oxygens (including phenoxy) is 1. The molecule has 1 aromatic rings. The highest BCUT2D eigenvalue weighted by Crippen LogP contribution is 2.20. The number of morpholine rings is 1. The van der Waals surface area contributed by atoms with Crippen LogP contribution in [0.2, 0.25) is 5.02 Å². The molecule has 0 spiro atoms. The summed E-state index contributed by atoms with van der Waals surface area (Å²) in [7, 11) is 0. The van der Waals surface area contributed by atoms with Crippen LogP contribution < -0.4 is 5.32 Å². The van der Waals surface area contributed by atoms with Crippen molar-refractivity contribution in [1.82, 2.24) is 10.2 Å². The smallest absolute Gasteiger partial charge is 0.221 e. The van der Waals surface area contributed by atoms with Crippen LogP contribution in [0, 0.1) is 5.82 Å². The quantitative estimate of drug-likeness (QED) is 0.828. The number of halogens is 2. The lowest BCUT2D eigenvalue weighted by molar-refractivity contribution is -0.125. The Bertz CT molecular complexity index is 615. The molecule has 0 saturated carbocycles. The van der Waals surface area contributed by atoms with Crippen molar-refractivity contribution < 1.29 is 13.9 Å². The number of rotatable bonds is 5. The summed E-state index contributed by atoms with van der Waals surface area (Å²) >= 11 is 5.74. The van der Waals surface area contributed by atoms with E-state index in [9.17, 15) is 9.18 Å². The normalized spacial score (nSPS) is 22.0. The van der Waals surface area contributed by atoms with Gasteiger partial charge < -0.3 is 10.1 Å². The van der Waals surface area contributed by atoms with Crippen LogP contribution in [0.15, 0.2) is 30.4 Å². The Labute approximate surface area is 146 Å². The van der Waals surface area contributed by atoms with E-state index < -0.39 is 5.82 Å². The predicted molar refractivity (Wildman–Crippen MR) is 91.3 cm³/mol. The van der Waals surface area contributed by atoms with Crippen molar-refractivity contribution in [3.8, 4) is 0 Å². The number of nitrogens with one attached hydrogen (secondary N) is 1. The van der Waals surface area contributed by atoms with E-state index in [2.05, 4.69) is 22.4 Å². The van der Waals surface area contributed by atoms with Crippen molar-refractivity contribution in [2.24, 2.45) is 0 Å². The number of nitrogens with zero attached hydrogens (tertiary/aromatic N) is 1. The average Bonchev–Trinajstić information content (AvgIpc) is 3.05.